The molecule has 64 valence electrons. The van der Waals surface area contributed by atoms with Gasteiger partial charge in [0.2, 0.25) is 0 Å². The van der Waals surface area contributed by atoms with Crippen molar-refractivity contribution in [2.45, 2.75) is 25.4 Å². The Kier molecular flexibility index (Phi) is 2.07. The fourth-order valence-corrected chi connectivity index (χ4v) is 1.67. The Bertz CT molecular complexity index is 261. The number of hydrogen-bond acceptors (Lipinski definition) is 3. The first-order valence-corrected chi connectivity index (χ1v) is 4.63. The number of nitrogens with zero attached hydrogens (tertiary/aromatic N) is 2. The molecule has 1 unspecified atom stereocenters. The van der Waals surface area contributed by atoms with Gasteiger partial charge in [-0.05, 0) is 24.1 Å². The van der Waals surface area contributed by atoms with Gasteiger partial charge in [-0.3, -0.25) is 9.88 Å². The fraction of sp³-hybridized carbons (Fsp3) is 0.444. The Hall–Kier alpha value is -0.540. The van der Waals surface area contributed by atoms with E-state index in [9.17, 15) is 0 Å². The summed E-state index contributed by atoms with van der Waals surface area (Å²) in [5.41, 5.74) is 2.74. The van der Waals surface area contributed by atoms with Crippen molar-refractivity contribution < 1.29 is 0 Å². The standard InChI is InChI=1S/C9H12N2S/c1-7(12)11-5-8-2-3-10-4-9(8)6-11/h2-4,7,12H,5-6H2,1H3. The third-order valence-corrected chi connectivity index (χ3v) is 2.61. The lowest BCUT2D eigenvalue weighted by atomic mass is 10.2. The molecule has 0 aromatic carbocycles. The molecule has 12 heavy (non-hydrogen) atoms. The molecular weight excluding hydrogens is 168 g/mol. The van der Waals surface area contributed by atoms with Crippen molar-refractivity contribution in [3.8, 4) is 0 Å². The quantitative estimate of drug-likeness (QED) is 0.662. The van der Waals surface area contributed by atoms with Gasteiger partial charge in [0.25, 0.3) is 0 Å². The average molecular weight is 180 g/mol. The normalized spacial score (nSPS) is 19.2. The van der Waals surface area contributed by atoms with Crippen LogP contribution in [0.15, 0.2) is 18.5 Å². The number of thiol groups is 1. The Balaban J connectivity index is 2.22. The highest BCUT2D eigenvalue weighted by atomic mass is 32.1. The van der Waals surface area contributed by atoms with Gasteiger partial charge in [0.1, 0.15) is 0 Å². The van der Waals surface area contributed by atoms with E-state index in [2.05, 4.69) is 35.5 Å². The van der Waals surface area contributed by atoms with E-state index in [-0.39, 0.29) is 0 Å². The zero-order valence-electron chi connectivity index (χ0n) is 7.07. The van der Waals surface area contributed by atoms with E-state index in [1.807, 2.05) is 12.4 Å². The zero-order valence-corrected chi connectivity index (χ0v) is 7.96. The molecule has 1 aromatic heterocycles. The smallest absolute Gasteiger partial charge is 0.0506 e. The van der Waals surface area contributed by atoms with Gasteiger partial charge in [-0.2, -0.15) is 12.6 Å². The van der Waals surface area contributed by atoms with Crippen molar-refractivity contribution in [3.63, 3.8) is 0 Å². The molecule has 2 rings (SSSR count). The van der Waals surface area contributed by atoms with Crippen LogP contribution in [0.5, 0.6) is 0 Å². The molecule has 0 radical (unpaired) electrons. The van der Waals surface area contributed by atoms with Crippen LogP contribution in [-0.4, -0.2) is 15.3 Å². The molecule has 0 fully saturated rings. The molecule has 0 aliphatic carbocycles. The molecule has 1 aromatic rings. The third-order valence-electron chi connectivity index (χ3n) is 2.28. The van der Waals surface area contributed by atoms with Crippen LogP contribution in [-0.2, 0) is 13.1 Å². The SMILES string of the molecule is CC(S)N1Cc2ccncc2C1. The second kappa shape index (κ2) is 3.07. The Morgan fingerprint density at radius 3 is 2.92 bits per heavy atom. The first kappa shape index (κ1) is 8.08. The predicted molar refractivity (Wildman–Crippen MR) is 51.9 cm³/mol. The van der Waals surface area contributed by atoms with Gasteiger partial charge >= 0.3 is 0 Å². The summed E-state index contributed by atoms with van der Waals surface area (Å²) in [6, 6.07) is 2.09. The van der Waals surface area contributed by atoms with Crippen LogP contribution in [0.2, 0.25) is 0 Å². The second-order valence-electron chi connectivity index (χ2n) is 3.18. The summed E-state index contributed by atoms with van der Waals surface area (Å²) in [5, 5.41) is 0.331. The lowest BCUT2D eigenvalue weighted by Gasteiger charge is -2.17. The summed E-state index contributed by atoms with van der Waals surface area (Å²) >= 11 is 4.40. The molecule has 1 aliphatic rings. The minimum absolute atomic E-state index is 0.331. The predicted octanol–water partition coefficient (Wildman–Crippen LogP) is 1.67. The van der Waals surface area contributed by atoms with Crippen molar-refractivity contribution in [2.75, 3.05) is 0 Å². The van der Waals surface area contributed by atoms with E-state index in [0.29, 0.717) is 5.37 Å². The van der Waals surface area contributed by atoms with E-state index in [1.165, 1.54) is 11.1 Å². The Morgan fingerprint density at radius 1 is 1.50 bits per heavy atom. The third kappa shape index (κ3) is 1.34. The lowest BCUT2D eigenvalue weighted by Crippen LogP contribution is -2.22. The van der Waals surface area contributed by atoms with Gasteiger partial charge < -0.3 is 0 Å². The molecule has 3 heteroatoms. The first-order valence-electron chi connectivity index (χ1n) is 4.11. The van der Waals surface area contributed by atoms with Crippen molar-refractivity contribution in [2.24, 2.45) is 0 Å². The number of pyridine rings is 1. The summed E-state index contributed by atoms with van der Waals surface area (Å²) in [4.78, 5) is 6.41. The summed E-state index contributed by atoms with van der Waals surface area (Å²) in [7, 11) is 0. The molecule has 1 aliphatic heterocycles. The molecule has 0 spiro atoms. The number of fused-ring (bicyclic) bond motifs is 1. The van der Waals surface area contributed by atoms with Crippen LogP contribution in [0.25, 0.3) is 0 Å². The van der Waals surface area contributed by atoms with E-state index in [4.69, 9.17) is 0 Å². The van der Waals surface area contributed by atoms with Crippen LogP contribution in [0.1, 0.15) is 18.1 Å². The van der Waals surface area contributed by atoms with Gasteiger partial charge in [-0.1, -0.05) is 0 Å². The Labute approximate surface area is 78.0 Å². The van der Waals surface area contributed by atoms with E-state index in [1.54, 1.807) is 0 Å². The molecule has 0 amide bonds. The van der Waals surface area contributed by atoms with Gasteiger partial charge in [0.15, 0.2) is 0 Å². The van der Waals surface area contributed by atoms with Crippen molar-refractivity contribution in [1.82, 2.24) is 9.88 Å². The van der Waals surface area contributed by atoms with Crippen molar-refractivity contribution in [1.29, 1.82) is 0 Å². The topological polar surface area (TPSA) is 16.1 Å². The van der Waals surface area contributed by atoms with E-state index < -0.39 is 0 Å². The van der Waals surface area contributed by atoms with Crippen LogP contribution in [0.4, 0.5) is 0 Å². The minimum atomic E-state index is 0.331. The highest BCUT2D eigenvalue weighted by molar-refractivity contribution is 7.80. The summed E-state index contributed by atoms with van der Waals surface area (Å²) in [6.45, 7) is 4.11. The number of hydrogen-bond donors (Lipinski definition) is 1. The number of aromatic nitrogens is 1. The van der Waals surface area contributed by atoms with Gasteiger partial charge in [-0.25, -0.2) is 0 Å². The summed E-state index contributed by atoms with van der Waals surface area (Å²) in [6.07, 6.45) is 3.80. The monoisotopic (exact) mass is 180 g/mol. The highest BCUT2D eigenvalue weighted by Crippen LogP contribution is 2.23. The van der Waals surface area contributed by atoms with E-state index in [0.717, 1.165) is 13.1 Å². The van der Waals surface area contributed by atoms with Crippen molar-refractivity contribution >= 4 is 12.6 Å². The molecule has 1 atom stereocenters. The molecule has 0 saturated heterocycles. The largest absolute Gasteiger partial charge is 0.283 e. The maximum absolute atomic E-state index is 4.40. The molecule has 0 N–H and O–H groups in total. The minimum Gasteiger partial charge on any atom is -0.283 e. The van der Waals surface area contributed by atoms with E-state index >= 15 is 0 Å². The van der Waals surface area contributed by atoms with Crippen LogP contribution >= 0.6 is 12.6 Å². The van der Waals surface area contributed by atoms with Gasteiger partial charge in [-0.15, -0.1) is 0 Å². The fourth-order valence-electron chi connectivity index (χ4n) is 1.51. The Morgan fingerprint density at radius 2 is 2.25 bits per heavy atom. The molecular formula is C9H12N2S. The summed E-state index contributed by atoms with van der Waals surface area (Å²) < 4.78 is 0. The first-order chi connectivity index (χ1) is 5.77. The molecule has 0 bridgehead atoms. The number of rotatable bonds is 1. The zero-order chi connectivity index (χ0) is 8.55. The van der Waals surface area contributed by atoms with Crippen molar-refractivity contribution in [3.05, 3.63) is 29.6 Å². The van der Waals surface area contributed by atoms with Crippen LogP contribution < -0.4 is 0 Å². The van der Waals surface area contributed by atoms with Crippen LogP contribution in [0.3, 0.4) is 0 Å². The maximum Gasteiger partial charge on any atom is 0.0506 e. The van der Waals surface area contributed by atoms with Gasteiger partial charge in [0, 0.05) is 25.5 Å². The molecule has 2 nitrogen and oxygen atoms in total. The second-order valence-corrected chi connectivity index (χ2v) is 3.93. The molecule has 0 saturated carbocycles. The average Bonchev–Trinajstić information content (AvgIpc) is 2.46. The van der Waals surface area contributed by atoms with Gasteiger partial charge in [0.05, 0.1) is 5.37 Å². The summed E-state index contributed by atoms with van der Waals surface area (Å²) in [5.74, 6) is 0. The molecule has 2 heterocycles. The maximum atomic E-state index is 4.40. The van der Waals surface area contributed by atoms with Crippen LogP contribution in [0, 0.1) is 0 Å². The highest BCUT2D eigenvalue weighted by Gasteiger charge is 2.20. The lowest BCUT2D eigenvalue weighted by molar-refractivity contribution is 0.278.